The summed E-state index contributed by atoms with van der Waals surface area (Å²) in [4.78, 5) is 6.54. The van der Waals surface area contributed by atoms with Crippen LogP contribution < -0.4 is 9.62 Å². The molecule has 0 atom stereocenters. The van der Waals surface area contributed by atoms with Gasteiger partial charge < -0.3 is 4.90 Å². The number of sulfonamides is 1. The van der Waals surface area contributed by atoms with Crippen molar-refractivity contribution in [3.8, 4) is 0 Å². The maximum absolute atomic E-state index is 12.4. The van der Waals surface area contributed by atoms with E-state index < -0.39 is 10.0 Å². The van der Waals surface area contributed by atoms with Gasteiger partial charge in [0.15, 0.2) is 0 Å². The van der Waals surface area contributed by atoms with Gasteiger partial charge in [0.1, 0.15) is 5.82 Å². The lowest BCUT2D eigenvalue weighted by Gasteiger charge is -2.18. The third-order valence-corrected chi connectivity index (χ3v) is 5.48. The van der Waals surface area contributed by atoms with Gasteiger partial charge in [0.2, 0.25) is 0 Å². The zero-order chi connectivity index (χ0) is 17.7. The highest BCUT2D eigenvalue weighted by molar-refractivity contribution is 7.92. The third-order valence-electron chi connectivity index (χ3n) is 3.68. The molecule has 1 heterocycles. The molecule has 0 saturated heterocycles. The molecule has 0 unspecified atom stereocenters. The lowest BCUT2D eigenvalue weighted by Crippen LogP contribution is -2.19. The Labute approximate surface area is 148 Å². The number of pyridine rings is 1. The minimum absolute atomic E-state index is 0.175. The Morgan fingerprint density at radius 1 is 1.25 bits per heavy atom. The van der Waals surface area contributed by atoms with Crippen LogP contribution in [0.2, 0.25) is 5.02 Å². The van der Waals surface area contributed by atoms with Gasteiger partial charge in [-0.05, 0) is 49.2 Å². The van der Waals surface area contributed by atoms with Gasteiger partial charge >= 0.3 is 0 Å². The van der Waals surface area contributed by atoms with Crippen LogP contribution in [0, 0.1) is 6.92 Å². The smallest absolute Gasteiger partial charge is 0.261 e. The first-order valence-electron chi connectivity index (χ1n) is 7.79. The van der Waals surface area contributed by atoms with Crippen molar-refractivity contribution < 1.29 is 8.42 Å². The molecule has 5 nitrogen and oxygen atoms in total. The summed E-state index contributed by atoms with van der Waals surface area (Å²) in [6.45, 7) is 4.82. The maximum Gasteiger partial charge on any atom is 0.261 e. The average molecular weight is 368 g/mol. The van der Waals surface area contributed by atoms with Crippen LogP contribution in [-0.4, -0.2) is 27.0 Å². The molecule has 0 bridgehead atoms. The fraction of sp³-hybridized carbons (Fsp3) is 0.353. The normalized spacial score (nSPS) is 11.3. The largest absolute Gasteiger partial charge is 0.360 e. The number of aromatic nitrogens is 1. The predicted molar refractivity (Wildman–Crippen MR) is 99.4 cm³/mol. The molecule has 0 amide bonds. The number of benzene rings is 1. The van der Waals surface area contributed by atoms with E-state index in [-0.39, 0.29) is 4.90 Å². The quantitative estimate of drug-likeness (QED) is 0.800. The molecule has 0 radical (unpaired) electrons. The Balaban J connectivity index is 2.13. The van der Waals surface area contributed by atoms with Gasteiger partial charge in [0.25, 0.3) is 10.0 Å². The maximum atomic E-state index is 12.4. The SMILES string of the molecule is CCCCN(C)c1ccc(NS(=O)(=O)c2ccc(Cl)c(C)c2)cn1. The number of nitrogens with zero attached hydrogens (tertiary/aromatic N) is 2. The van der Waals surface area contributed by atoms with Gasteiger partial charge in [-0.2, -0.15) is 0 Å². The van der Waals surface area contributed by atoms with Crippen LogP contribution in [0.1, 0.15) is 25.3 Å². The molecule has 2 aromatic rings. The average Bonchev–Trinajstić information content (AvgIpc) is 2.55. The number of anilines is 2. The number of aryl methyl sites for hydroxylation is 1. The molecule has 1 aromatic carbocycles. The summed E-state index contributed by atoms with van der Waals surface area (Å²) in [6.07, 6.45) is 3.73. The molecule has 2 rings (SSSR count). The monoisotopic (exact) mass is 367 g/mol. The molecule has 1 N–H and O–H groups in total. The van der Waals surface area contributed by atoms with Crippen LogP contribution in [0.5, 0.6) is 0 Å². The number of unbranched alkanes of at least 4 members (excludes halogenated alkanes) is 1. The van der Waals surface area contributed by atoms with E-state index in [1.165, 1.54) is 12.3 Å². The number of hydrogen-bond acceptors (Lipinski definition) is 4. The molecule has 0 aliphatic rings. The minimum atomic E-state index is -3.66. The summed E-state index contributed by atoms with van der Waals surface area (Å²) < 4.78 is 27.4. The highest BCUT2D eigenvalue weighted by Crippen LogP contribution is 2.22. The van der Waals surface area contributed by atoms with Crippen molar-refractivity contribution in [3.63, 3.8) is 0 Å². The second-order valence-corrected chi connectivity index (χ2v) is 7.79. The Hall–Kier alpha value is -1.79. The van der Waals surface area contributed by atoms with Crippen molar-refractivity contribution in [1.82, 2.24) is 4.98 Å². The fourth-order valence-electron chi connectivity index (χ4n) is 2.18. The summed E-state index contributed by atoms with van der Waals surface area (Å²) >= 11 is 5.94. The molecule has 0 fully saturated rings. The molecule has 0 saturated carbocycles. The Bertz CT molecular complexity index is 792. The van der Waals surface area contributed by atoms with Gasteiger partial charge in [-0.15, -0.1) is 0 Å². The summed E-state index contributed by atoms with van der Waals surface area (Å²) in [5.74, 6) is 0.814. The highest BCUT2D eigenvalue weighted by atomic mass is 35.5. The topological polar surface area (TPSA) is 62.3 Å². The van der Waals surface area contributed by atoms with Crippen molar-refractivity contribution in [2.45, 2.75) is 31.6 Å². The van der Waals surface area contributed by atoms with Crippen molar-refractivity contribution in [1.29, 1.82) is 0 Å². The predicted octanol–water partition coefficient (Wildman–Crippen LogP) is 4.08. The molecule has 7 heteroatoms. The van der Waals surface area contributed by atoms with Gasteiger partial charge in [-0.1, -0.05) is 24.9 Å². The van der Waals surface area contributed by atoms with E-state index in [9.17, 15) is 8.42 Å². The lowest BCUT2D eigenvalue weighted by atomic mass is 10.2. The van der Waals surface area contributed by atoms with Crippen LogP contribution in [0.25, 0.3) is 0 Å². The van der Waals surface area contributed by atoms with Crippen molar-refractivity contribution >= 4 is 33.1 Å². The van der Waals surface area contributed by atoms with Gasteiger partial charge in [-0.25, -0.2) is 13.4 Å². The van der Waals surface area contributed by atoms with E-state index in [0.717, 1.165) is 25.2 Å². The standard InChI is InChI=1S/C17H22ClN3O2S/c1-4-5-10-21(3)17-9-6-14(12-19-17)20-24(22,23)15-7-8-16(18)13(2)11-15/h6-9,11-12,20H,4-5,10H2,1-3H3. The first-order chi connectivity index (χ1) is 11.3. The molecule has 24 heavy (non-hydrogen) atoms. The second kappa shape index (κ2) is 7.85. The molecule has 0 aliphatic heterocycles. The van der Waals surface area contributed by atoms with Crippen molar-refractivity contribution in [3.05, 3.63) is 47.1 Å². The number of halogens is 1. The summed E-state index contributed by atoms with van der Waals surface area (Å²) in [7, 11) is -1.69. The van der Waals surface area contributed by atoms with E-state index >= 15 is 0 Å². The summed E-state index contributed by atoms with van der Waals surface area (Å²) in [5, 5.41) is 0.537. The Morgan fingerprint density at radius 3 is 2.58 bits per heavy atom. The minimum Gasteiger partial charge on any atom is -0.360 e. The van der Waals surface area contributed by atoms with E-state index in [1.807, 2.05) is 11.9 Å². The third kappa shape index (κ3) is 4.61. The molecule has 130 valence electrons. The second-order valence-electron chi connectivity index (χ2n) is 5.70. The van der Waals surface area contributed by atoms with E-state index in [2.05, 4.69) is 16.6 Å². The molecular weight excluding hydrogens is 346 g/mol. The number of hydrogen-bond donors (Lipinski definition) is 1. The van der Waals surface area contributed by atoms with Gasteiger partial charge in [-0.3, -0.25) is 4.72 Å². The first-order valence-corrected chi connectivity index (χ1v) is 9.66. The van der Waals surface area contributed by atoms with E-state index in [1.54, 1.807) is 31.2 Å². The van der Waals surface area contributed by atoms with Crippen molar-refractivity contribution in [2.75, 3.05) is 23.2 Å². The fourth-order valence-corrected chi connectivity index (χ4v) is 3.43. The summed E-state index contributed by atoms with van der Waals surface area (Å²) in [5.41, 5.74) is 1.14. The van der Waals surface area contributed by atoms with Crippen LogP contribution in [-0.2, 0) is 10.0 Å². The Kier molecular flexibility index (Phi) is 6.07. The van der Waals surface area contributed by atoms with E-state index in [4.69, 9.17) is 11.6 Å². The lowest BCUT2D eigenvalue weighted by molar-refractivity contribution is 0.601. The number of nitrogens with one attached hydrogen (secondary N) is 1. The van der Waals surface area contributed by atoms with Gasteiger partial charge in [0.05, 0.1) is 16.8 Å². The van der Waals surface area contributed by atoms with E-state index in [0.29, 0.717) is 16.3 Å². The first kappa shape index (κ1) is 18.5. The molecule has 0 aliphatic carbocycles. The van der Waals surface area contributed by atoms with Crippen LogP contribution in [0.4, 0.5) is 11.5 Å². The van der Waals surface area contributed by atoms with Crippen LogP contribution >= 0.6 is 11.6 Å². The molecule has 1 aromatic heterocycles. The molecule has 0 spiro atoms. The zero-order valence-electron chi connectivity index (χ0n) is 14.1. The molecular formula is C17H22ClN3O2S. The highest BCUT2D eigenvalue weighted by Gasteiger charge is 2.15. The summed E-state index contributed by atoms with van der Waals surface area (Å²) in [6, 6.07) is 8.13. The van der Waals surface area contributed by atoms with Gasteiger partial charge in [0, 0.05) is 18.6 Å². The zero-order valence-corrected chi connectivity index (χ0v) is 15.7. The van der Waals surface area contributed by atoms with Crippen LogP contribution in [0.15, 0.2) is 41.4 Å². The Morgan fingerprint density at radius 2 is 2.00 bits per heavy atom. The van der Waals surface area contributed by atoms with Crippen LogP contribution in [0.3, 0.4) is 0 Å². The number of rotatable bonds is 7. The van der Waals surface area contributed by atoms with Crippen molar-refractivity contribution in [2.24, 2.45) is 0 Å².